The minimum absolute atomic E-state index is 0.268. The fourth-order valence-corrected chi connectivity index (χ4v) is 2.74. The maximum atomic E-state index is 12.7. The molecule has 3 aromatic rings. The Morgan fingerprint density at radius 1 is 1.15 bits per heavy atom. The molecule has 3 rings (SSSR count). The first-order chi connectivity index (χ1) is 12.6. The molecule has 0 unspecified atom stereocenters. The van der Waals surface area contributed by atoms with Crippen molar-refractivity contribution in [2.24, 2.45) is 0 Å². The van der Waals surface area contributed by atoms with Gasteiger partial charge in [-0.2, -0.15) is 5.10 Å². The van der Waals surface area contributed by atoms with Gasteiger partial charge in [-0.25, -0.2) is 0 Å². The molecule has 26 heavy (non-hydrogen) atoms. The van der Waals surface area contributed by atoms with Crippen molar-refractivity contribution < 1.29 is 14.3 Å². The predicted octanol–water partition coefficient (Wildman–Crippen LogP) is 4.04. The first kappa shape index (κ1) is 17.5. The molecule has 0 bridgehead atoms. The van der Waals surface area contributed by atoms with Crippen molar-refractivity contribution in [2.45, 2.75) is 13.8 Å². The van der Waals surface area contributed by atoms with Crippen LogP contribution in [0.2, 0.25) is 0 Å². The van der Waals surface area contributed by atoms with Gasteiger partial charge in [0.05, 0.1) is 19.3 Å². The summed E-state index contributed by atoms with van der Waals surface area (Å²) in [5, 5.41) is 10.1. The number of hydrogen-bond donors (Lipinski definition) is 2. The van der Waals surface area contributed by atoms with E-state index < -0.39 is 0 Å². The van der Waals surface area contributed by atoms with E-state index in [-0.39, 0.29) is 5.91 Å². The van der Waals surface area contributed by atoms with Crippen LogP contribution in [0.3, 0.4) is 0 Å². The first-order valence-corrected chi connectivity index (χ1v) is 8.36. The van der Waals surface area contributed by atoms with E-state index in [9.17, 15) is 4.79 Å². The van der Waals surface area contributed by atoms with Crippen molar-refractivity contribution in [3.63, 3.8) is 0 Å². The molecule has 1 heterocycles. The number of amides is 1. The van der Waals surface area contributed by atoms with Gasteiger partial charge in [0.2, 0.25) is 0 Å². The summed E-state index contributed by atoms with van der Waals surface area (Å²) < 4.78 is 10.7. The average Bonchev–Trinajstić information content (AvgIpc) is 3.02. The smallest absolute Gasteiger partial charge is 0.260 e. The van der Waals surface area contributed by atoms with Gasteiger partial charge in [0.25, 0.3) is 5.91 Å². The molecule has 0 radical (unpaired) electrons. The number of aryl methyl sites for hydroxylation is 1. The molecular weight excluding hydrogens is 330 g/mol. The fourth-order valence-electron chi connectivity index (χ4n) is 2.74. The van der Waals surface area contributed by atoms with Gasteiger partial charge in [-0.15, -0.1) is 0 Å². The summed E-state index contributed by atoms with van der Waals surface area (Å²) in [6.45, 7) is 4.28. The van der Waals surface area contributed by atoms with Crippen LogP contribution >= 0.6 is 0 Å². The molecule has 0 fully saturated rings. The number of para-hydroxylation sites is 1. The number of benzene rings is 2. The summed E-state index contributed by atoms with van der Waals surface area (Å²) in [6.07, 6.45) is 0. The normalized spacial score (nSPS) is 10.4. The maximum absolute atomic E-state index is 12.7. The lowest BCUT2D eigenvalue weighted by molar-refractivity contribution is 0.102. The van der Waals surface area contributed by atoms with Gasteiger partial charge in [0, 0.05) is 11.3 Å². The van der Waals surface area contributed by atoms with E-state index in [1.165, 1.54) is 0 Å². The van der Waals surface area contributed by atoms with Crippen LogP contribution in [0, 0.1) is 6.92 Å². The number of aromatic amines is 1. The summed E-state index contributed by atoms with van der Waals surface area (Å²) in [5.74, 6) is 1.52. The van der Waals surface area contributed by atoms with Crippen LogP contribution in [0.4, 0.5) is 5.82 Å². The Kier molecular flexibility index (Phi) is 5.22. The molecule has 0 aliphatic carbocycles. The Bertz CT molecular complexity index is 901. The van der Waals surface area contributed by atoms with E-state index in [2.05, 4.69) is 15.5 Å². The van der Waals surface area contributed by atoms with Crippen molar-refractivity contribution in [2.75, 3.05) is 19.0 Å². The summed E-state index contributed by atoms with van der Waals surface area (Å²) in [7, 11) is 1.62. The quantitative estimate of drug-likeness (QED) is 0.702. The lowest BCUT2D eigenvalue weighted by Crippen LogP contribution is -2.14. The lowest BCUT2D eigenvalue weighted by Gasteiger charge is -2.10. The molecule has 6 nitrogen and oxygen atoms in total. The highest BCUT2D eigenvalue weighted by Gasteiger charge is 2.18. The Labute approximate surface area is 152 Å². The third kappa shape index (κ3) is 3.54. The summed E-state index contributed by atoms with van der Waals surface area (Å²) >= 11 is 0. The zero-order valence-electron chi connectivity index (χ0n) is 15.0. The van der Waals surface area contributed by atoms with Crippen LogP contribution in [-0.4, -0.2) is 29.8 Å². The van der Waals surface area contributed by atoms with E-state index in [4.69, 9.17) is 9.47 Å². The van der Waals surface area contributed by atoms with Crippen molar-refractivity contribution in [1.82, 2.24) is 10.2 Å². The Morgan fingerprint density at radius 2 is 1.88 bits per heavy atom. The third-order valence-corrected chi connectivity index (χ3v) is 3.99. The van der Waals surface area contributed by atoms with Crippen LogP contribution in [0.1, 0.15) is 23.0 Å². The van der Waals surface area contributed by atoms with Crippen LogP contribution < -0.4 is 14.8 Å². The number of hydrogen-bond acceptors (Lipinski definition) is 4. The number of H-pyrrole nitrogens is 1. The molecule has 6 heteroatoms. The van der Waals surface area contributed by atoms with Crippen LogP contribution in [0.25, 0.3) is 11.1 Å². The fraction of sp³-hybridized carbons (Fsp3) is 0.200. The van der Waals surface area contributed by atoms with E-state index in [1.54, 1.807) is 25.3 Å². The van der Waals surface area contributed by atoms with E-state index in [1.807, 2.05) is 44.2 Å². The number of carbonyl (C=O) groups is 1. The number of nitrogens with one attached hydrogen (secondary N) is 2. The van der Waals surface area contributed by atoms with Crippen molar-refractivity contribution in [1.29, 1.82) is 0 Å². The second kappa shape index (κ2) is 7.74. The highest BCUT2D eigenvalue weighted by Crippen LogP contribution is 2.31. The largest absolute Gasteiger partial charge is 0.497 e. The lowest BCUT2D eigenvalue weighted by atomic mass is 10.1. The van der Waals surface area contributed by atoms with Crippen molar-refractivity contribution in [3.05, 3.63) is 59.8 Å². The Balaban J connectivity index is 1.90. The van der Waals surface area contributed by atoms with Gasteiger partial charge in [-0.3, -0.25) is 9.89 Å². The number of methoxy groups -OCH3 is 1. The van der Waals surface area contributed by atoms with Crippen molar-refractivity contribution in [3.8, 4) is 22.6 Å². The number of aromatic nitrogens is 2. The van der Waals surface area contributed by atoms with Gasteiger partial charge in [-0.05, 0) is 43.7 Å². The molecule has 0 saturated carbocycles. The summed E-state index contributed by atoms with van der Waals surface area (Å²) in [5.41, 5.74) is 3.11. The highest BCUT2D eigenvalue weighted by atomic mass is 16.5. The molecule has 0 saturated heterocycles. The maximum Gasteiger partial charge on any atom is 0.260 e. The molecule has 0 aliphatic rings. The predicted molar refractivity (Wildman–Crippen MR) is 101 cm³/mol. The van der Waals surface area contributed by atoms with Crippen LogP contribution in [0.15, 0.2) is 48.5 Å². The third-order valence-electron chi connectivity index (χ3n) is 3.99. The van der Waals surface area contributed by atoms with E-state index >= 15 is 0 Å². The second-order valence-electron chi connectivity index (χ2n) is 5.68. The zero-order chi connectivity index (χ0) is 18.5. The molecule has 1 aromatic heterocycles. The number of anilines is 1. The second-order valence-corrected chi connectivity index (χ2v) is 5.68. The summed E-state index contributed by atoms with van der Waals surface area (Å²) in [6, 6.07) is 14.8. The van der Waals surface area contributed by atoms with Gasteiger partial charge in [0.1, 0.15) is 11.5 Å². The molecular formula is C20H21N3O3. The number of ether oxygens (including phenoxy) is 2. The minimum atomic E-state index is -0.268. The Morgan fingerprint density at radius 3 is 2.58 bits per heavy atom. The monoisotopic (exact) mass is 351 g/mol. The van der Waals surface area contributed by atoms with Crippen molar-refractivity contribution >= 4 is 11.7 Å². The Hall–Kier alpha value is -3.28. The average molecular weight is 351 g/mol. The number of nitrogens with zero attached hydrogens (tertiary/aromatic N) is 1. The van der Waals surface area contributed by atoms with Gasteiger partial charge >= 0.3 is 0 Å². The molecule has 0 aliphatic heterocycles. The molecule has 0 spiro atoms. The van der Waals surface area contributed by atoms with Crippen LogP contribution in [-0.2, 0) is 0 Å². The minimum Gasteiger partial charge on any atom is -0.497 e. The summed E-state index contributed by atoms with van der Waals surface area (Å²) in [4.78, 5) is 12.7. The first-order valence-electron chi connectivity index (χ1n) is 8.36. The van der Waals surface area contributed by atoms with Gasteiger partial charge < -0.3 is 14.8 Å². The van der Waals surface area contributed by atoms with Gasteiger partial charge in [0.15, 0.2) is 5.82 Å². The van der Waals surface area contributed by atoms with E-state index in [0.29, 0.717) is 23.7 Å². The topological polar surface area (TPSA) is 76.2 Å². The molecule has 2 aromatic carbocycles. The van der Waals surface area contributed by atoms with Gasteiger partial charge in [-0.1, -0.05) is 24.3 Å². The molecule has 134 valence electrons. The SMILES string of the molecule is CCOc1ccccc1C(=O)Nc1n[nH]c(C)c1-c1ccc(OC)cc1. The molecule has 1 amide bonds. The highest BCUT2D eigenvalue weighted by molar-refractivity contribution is 6.07. The van der Waals surface area contributed by atoms with E-state index in [0.717, 1.165) is 22.6 Å². The standard InChI is InChI=1S/C20H21N3O3/c1-4-26-17-8-6-5-7-16(17)20(24)21-19-18(13(2)22-23-19)14-9-11-15(25-3)12-10-14/h5-12H,4H2,1-3H3,(H2,21,22,23,24). The zero-order valence-corrected chi connectivity index (χ0v) is 15.0. The number of carbonyl (C=O) groups excluding carboxylic acids is 1. The molecule has 2 N–H and O–H groups in total. The van der Waals surface area contributed by atoms with Crippen LogP contribution in [0.5, 0.6) is 11.5 Å². The molecule has 0 atom stereocenters. The number of rotatable bonds is 6.